The molecule has 1 heterocycles. The van der Waals surface area contributed by atoms with Crippen molar-refractivity contribution in [2.24, 2.45) is 0 Å². The van der Waals surface area contributed by atoms with E-state index in [2.05, 4.69) is 26.8 Å². The second kappa shape index (κ2) is 6.55. The normalized spacial score (nSPS) is 9.70. The van der Waals surface area contributed by atoms with Gasteiger partial charge in [0.2, 0.25) is 0 Å². The maximum absolute atomic E-state index is 12.0. The molecule has 0 bridgehead atoms. The molecule has 1 amide bonds. The number of hydrogen-bond donors (Lipinski definition) is 2. The zero-order valence-electron chi connectivity index (χ0n) is 11.0. The van der Waals surface area contributed by atoms with Gasteiger partial charge in [-0.2, -0.15) is 0 Å². The van der Waals surface area contributed by atoms with Gasteiger partial charge in [-0.25, -0.2) is 0 Å². The van der Waals surface area contributed by atoms with Crippen molar-refractivity contribution in [1.29, 1.82) is 0 Å². The van der Waals surface area contributed by atoms with Crippen LogP contribution in [0.15, 0.2) is 35.1 Å². The second-order valence-corrected chi connectivity index (χ2v) is 4.14. The summed E-state index contributed by atoms with van der Waals surface area (Å²) in [5, 5.41) is 14.9. The molecule has 0 saturated carbocycles. The summed E-state index contributed by atoms with van der Waals surface area (Å²) in [5.74, 6) is 5.93. The number of nitrogens with one attached hydrogen (secondary N) is 1. The Morgan fingerprint density at radius 3 is 2.95 bits per heavy atom. The van der Waals surface area contributed by atoms with Crippen LogP contribution in [0, 0.1) is 18.8 Å². The molecule has 20 heavy (non-hydrogen) atoms. The third-order valence-corrected chi connectivity index (χ3v) is 2.63. The highest BCUT2D eigenvalue weighted by Gasteiger charge is 2.08. The highest BCUT2D eigenvalue weighted by atomic mass is 16.5. The molecule has 2 aromatic rings. The largest absolute Gasteiger partial charge is 0.395 e. The van der Waals surface area contributed by atoms with Gasteiger partial charge in [0, 0.05) is 23.6 Å². The highest BCUT2D eigenvalue weighted by Crippen LogP contribution is 2.12. The molecule has 0 atom stereocenters. The molecule has 0 saturated heterocycles. The summed E-state index contributed by atoms with van der Waals surface area (Å²) >= 11 is 0. The highest BCUT2D eigenvalue weighted by molar-refractivity contribution is 6.03. The number of rotatable bonds is 3. The van der Waals surface area contributed by atoms with Gasteiger partial charge in [0.1, 0.15) is 6.26 Å². The Balaban J connectivity index is 2.12. The fraction of sp³-hybridized carbons (Fsp3) is 0.200. The van der Waals surface area contributed by atoms with Gasteiger partial charge in [0.25, 0.3) is 5.91 Å². The molecule has 2 rings (SSSR count). The first kappa shape index (κ1) is 13.8. The van der Waals surface area contributed by atoms with Crippen molar-refractivity contribution in [2.45, 2.75) is 13.3 Å². The molecule has 0 spiro atoms. The molecular formula is C15H14N2O3. The maximum atomic E-state index is 12.0. The average Bonchev–Trinajstić information content (AvgIpc) is 2.93. The molecule has 5 heteroatoms. The smallest absolute Gasteiger partial charge is 0.256 e. The maximum Gasteiger partial charge on any atom is 0.256 e. The number of anilines is 1. The molecule has 0 aliphatic carbocycles. The molecule has 0 aliphatic heterocycles. The second-order valence-electron chi connectivity index (χ2n) is 4.14. The topological polar surface area (TPSA) is 75.4 Å². The Morgan fingerprint density at radius 2 is 2.30 bits per heavy atom. The zero-order valence-corrected chi connectivity index (χ0v) is 11.0. The van der Waals surface area contributed by atoms with E-state index in [1.165, 1.54) is 6.26 Å². The first-order valence-electron chi connectivity index (χ1n) is 6.13. The molecule has 0 fully saturated rings. The van der Waals surface area contributed by atoms with Crippen molar-refractivity contribution in [1.82, 2.24) is 5.16 Å². The number of amides is 1. The Labute approximate surface area is 116 Å². The fourth-order valence-electron chi connectivity index (χ4n) is 1.62. The van der Waals surface area contributed by atoms with Crippen LogP contribution in [-0.2, 0) is 0 Å². The van der Waals surface area contributed by atoms with E-state index in [-0.39, 0.29) is 12.5 Å². The molecular weight excluding hydrogens is 256 g/mol. The third-order valence-electron chi connectivity index (χ3n) is 2.63. The lowest BCUT2D eigenvalue weighted by molar-refractivity contribution is 0.102. The lowest BCUT2D eigenvalue weighted by Crippen LogP contribution is -2.12. The molecule has 1 aromatic carbocycles. The number of carbonyl (C=O) groups is 1. The Bertz CT molecular complexity index is 651. The Morgan fingerprint density at radius 1 is 1.45 bits per heavy atom. The van der Waals surface area contributed by atoms with E-state index in [1.54, 1.807) is 24.3 Å². The number of hydrogen-bond acceptors (Lipinski definition) is 4. The molecule has 1 aromatic heterocycles. The Hall–Kier alpha value is -2.58. The predicted octanol–water partition coefficient (Wildman–Crippen LogP) is 1.97. The van der Waals surface area contributed by atoms with Crippen LogP contribution < -0.4 is 5.32 Å². The summed E-state index contributed by atoms with van der Waals surface area (Å²) < 4.78 is 4.65. The standard InChI is InChI=1S/C15H14N2O3/c1-11-10-13(6-5-12(11)4-2-3-8-18)15(19)16-14-7-9-20-17-14/h5-7,9-10,18H,3,8H2,1H3,(H,16,17,19). The summed E-state index contributed by atoms with van der Waals surface area (Å²) in [5.41, 5.74) is 2.28. The van der Waals surface area contributed by atoms with Crippen molar-refractivity contribution in [3.63, 3.8) is 0 Å². The summed E-state index contributed by atoms with van der Waals surface area (Å²) in [4.78, 5) is 12.0. The molecule has 0 radical (unpaired) electrons. The van der Waals surface area contributed by atoms with E-state index in [0.29, 0.717) is 17.8 Å². The third kappa shape index (κ3) is 3.46. The van der Waals surface area contributed by atoms with Crippen LogP contribution in [0.25, 0.3) is 0 Å². The van der Waals surface area contributed by atoms with Crippen LogP contribution in [0.3, 0.4) is 0 Å². The summed E-state index contributed by atoms with van der Waals surface area (Å²) in [6.45, 7) is 1.93. The van der Waals surface area contributed by atoms with E-state index in [9.17, 15) is 4.79 Å². The van der Waals surface area contributed by atoms with Crippen molar-refractivity contribution in [2.75, 3.05) is 11.9 Å². The van der Waals surface area contributed by atoms with Crippen LogP contribution in [0.2, 0.25) is 0 Å². The van der Waals surface area contributed by atoms with Gasteiger partial charge >= 0.3 is 0 Å². The van der Waals surface area contributed by atoms with Crippen LogP contribution in [0.1, 0.15) is 27.9 Å². The molecule has 102 valence electrons. The summed E-state index contributed by atoms with van der Waals surface area (Å²) in [6.07, 6.45) is 1.83. The zero-order chi connectivity index (χ0) is 14.4. The monoisotopic (exact) mass is 270 g/mol. The van der Waals surface area contributed by atoms with E-state index in [0.717, 1.165) is 11.1 Å². The summed E-state index contributed by atoms with van der Waals surface area (Å²) in [6, 6.07) is 6.82. The number of benzene rings is 1. The van der Waals surface area contributed by atoms with Crippen LogP contribution in [-0.4, -0.2) is 22.8 Å². The van der Waals surface area contributed by atoms with Crippen LogP contribution in [0.4, 0.5) is 5.82 Å². The van der Waals surface area contributed by atoms with Crippen molar-refractivity contribution in [3.05, 3.63) is 47.2 Å². The number of carbonyl (C=O) groups excluding carboxylic acids is 1. The first-order valence-corrected chi connectivity index (χ1v) is 6.13. The Kier molecular flexibility index (Phi) is 4.53. The van der Waals surface area contributed by atoms with Gasteiger partial charge in [0.05, 0.1) is 6.61 Å². The van der Waals surface area contributed by atoms with E-state index in [4.69, 9.17) is 5.11 Å². The van der Waals surface area contributed by atoms with Gasteiger partial charge in [-0.15, -0.1) is 0 Å². The lowest BCUT2D eigenvalue weighted by Gasteiger charge is -2.04. The number of nitrogens with zero attached hydrogens (tertiary/aromatic N) is 1. The van der Waals surface area contributed by atoms with Crippen molar-refractivity contribution >= 4 is 11.7 Å². The van der Waals surface area contributed by atoms with E-state index in [1.807, 2.05) is 6.92 Å². The molecule has 0 aliphatic rings. The average molecular weight is 270 g/mol. The van der Waals surface area contributed by atoms with E-state index >= 15 is 0 Å². The van der Waals surface area contributed by atoms with Crippen molar-refractivity contribution < 1.29 is 14.4 Å². The van der Waals surface area contributed by atoms with Crippen LogP contribution >= 0.6 is 0 Å². The summed E-state index contributed by atoms with van der Waals surface area (Å²) in [7, 11) is 0. The van der Waals surface area contributed by atoms with Gasteiger partial charge < -0.3 is 14.9 Å². The van der Waals surface area contributed by atoms with Gasteiger partial charge in [-0.1, -0.05) is 17.0 Å². The number of aliphatic hydroxyl groups excluding tert-OH is 1. The minimum absolute atomic E-state index is 0.0459. The number of aryl methyl sites for hydroxylation is 1. The SMILES string of the molecule is Cc1cc(C(=O)Nc2ccon2)ccc1C#CCCO. The number of aliphatic hydroxyl groups is 1. The fourth-order valence-corrected chi connectivity index (χ4v) is 1.62. The quantitative estimate of drug-likeness (QED) is 0.836. The lowest BCUT2D eigenvalue weighted by atomic mass is 10.0. The minimum Gasteiger partial charge on any atom is -0.395 e. The first-order chi connectivity index (χ1) is 9.70. The predicted molar refractivity (Wildman–Crippen MR) is 74.2 cm³/mol. The van der Waals surface area contributed by atoms with Gasteiger partial charge in [-0.3, -0.25) is 4.79 Å². The minimum atomic E-state index is -0.253. The van der Waals surface area contributed by atoms with E-state index < -0.39 is 0 Å². The van der Waals surface area contributed by atoms with Crippen molar-refractivity contribution in [3.8, 4) is 11.8 Å². The molecule has 5 nitrogen and oxygen atoms in total. The van der Waals surface area contributed by atoms with Gasteiger partial charge in [-0.05, 0) is 30.7 Å². The van der Waals surface area contributed by atoms with Crippen LogP contribution in [0.5, 0.6) is 0 Å². The molecule has 2 N–H and O–H groups in total. The van der Waals surface area contributed by atoms with Gasteiger partial charge in [0.15, 0.2) is 5.82 Å². The number of aromatic nitrogens is 1. The molecule has 0 unspecified atom stereocenters.